The zero-order valence-corrected chi connectivity index (χ0v) is 16.0. The molecule has 1 atom stereocenters. The summed E-state index contributed by atoms with van der Waals surface area (Å²) in [6.07, 6.45) is 7.20. The highest BCUT2D eigenvalue weighted by molar-refractivity contribution is 5.50. The summed E-state index contributed by atoms with van der Waals surface area (Å²) in [5.41, 5.74) is 4.58. The van der Waals surface area contributed by atoms with Crippen LogP contribution in [0.15, 0.2) is 48.5 Å². The number of rotatable bonds is 7. The van der Waals surface area contributed by atoms with Crippen molar-refractivity contribution < 1.29 is 4.79 Å². The summed E-state index contributed by atoms with van der Waals surface area (Å²) in [6, 6.07) is 19.7. The molecule has 3 rings (SSSR count). The number of nitrogens with zero attached hydrogens (tertiary/aromatic N) is 1. The molecule has 3 nitrogen and oxygen atoms in total. The van der Waals surface area contributed by atoms with Crippen LogP contribution in [0.4, 0.5) is 0 Å². The van der Waals surface area contributed by atoms with Gasteiger partial charge in [0.2, 0.25) is 0 Å². The van der Waals surface area contributed by atoms with Crippen molar-refractivity contribution in [3.8, 4) is 6.07 Å². The molecular weight excluding hydrogens is 332 g/mol. The highest BCUT2D eigenvalue weighted by Crippen LogP contribution is 2.34. The Hall–Kier alpha value is -2.44. The molecule has 1 aliphatic carbocycles. The van der Waals surface area contributed by atoms with E-state index in [1.165, 1.54) is 42.4 Å². The molecule has 0 amide bonds. The monoisotopic (exact) mass is 360 g/mol. The average molecular weight is 361 g/mol. The number of hydrogen-bond acceptors (Lipinski definition) is 3. The van der Waals surface area contributed by atoms with E-state index >= 15 is 0 Å². The molecule has 2 aromatic carbocycles. The molecule has 140 valence electrons. The summed E-state index contributed by atoms with van der Waals surface area (Å²) in [5.74, 6) is 0.639. The van der Waals surface area contributed by atoms with E-state index in [-0.39, 0.29) is 6.04 Å². The lowest BCUT2D eigenvalue weighted by atomic mass is 9.81. The highest BCUT2D eigenvalue weighted by atomic mass is 16.1. The summed E-state index contributed by atoms with van der Waals surface area (Å²) in [7, 11) is 0. The third kappa shape index (κ3) is 5.28. The van der Waals surface area contributed by atoms with E-state index in [1.54, 1.807) is 0 Å². The first-order valence-electron chi connectivity index (χ1n) is 9.98. The van der Waals surface area contributed by atoms with Crippen LogP contribution in [0.1, 0.15) is 73.2 Å². The maximum Gasteiger partial charge on any atom is 0.120 e. The molecule has 0 spiro atoms. The van der Waals surface area contributed by atoms with Gasteiger partial charge in [-0.2, -0.15) is 5.26 Å². The fourth-order valence-corrected chi connectivity index (χ4v) is 4.10. The van der Waals surface area contributed by atoms with E-state index in [2.05, 4.69) is 48.6 Å². The molecule has 1 fully saturated rings. The summed E-state index contributed by atoms with van der Waals surface area (Å²) in [6.45, 7) is 2.18. The first-order chi connectivity index (χ1) is 13.2. The van der Waals surface area contributed by atoms with Gasteiger partial charge in [-0.05, 0) is 73.8 Å². The first-order valence-corrected chi connectivity index (χ1v) is 9.98. The Bertz CT molecular complexity index is 783. The van der Waals surface area contributed by atoms with Crippen LogP contribution >= 0.6 is 0 Å². The largest absolute Gasteiger partial charge is 0.307 e. The normalized spacial score (nSPS) is 20.6. The Balaban J connectivity index is 1.51. The molecule has 0 heterocycles. The molecular formula is C24H28N2O. The minimum Gasteiger partial charge on any atom is -0.307 e. The van der Waals surface area contributed by atoms with Gasteiger partial charge in [-0.3, -0.25) is 0 Å². The second-order valence-corrected chi connectivity index (χ2v) is 7.62. The van der Waals surface area contributed by atoms with Crippen LogP contribution < -0.4 is 5.32 Å². The topological polar surface area (TPSA) is 52.9 Å². The number of aldehydes is 1. The van der Waals surface area contributed by atoms with E-state index in [1.807, 2.05) is 18.2 Å². The van der Waals surface area contributed by atoms with Crippen molar-refractivity contribution in [1.82, 2.24) is 5.32 Å². The Labute approximate surface area is 162 Å². The van der Waals surface area contributed by atoms with E-state index in [0.29, 0.717) is 18.4 Å². The number of carbonyl (C=O) groups is 1. The first kappa shape index (κ1) is 19.3. The second-order valence-electron chi connectivity index (χ2n) is 7.62. The Kier molecular flexibility index (Phi) is 6.79. The average Bonchev–Trinajstić information content (AvgIpc) is 2.73. The van der Waals surface area contributed by atoms with Gasteiger partial charge in [0, 0.05) is 18.5 Å². The molecule has 0 aromatic heterocycles. The number of hydrogen-bond donors (Lipinski definition) is 1. The molecule has 0 saturated heterocycles. The zero-order chi connectivity index (χ0) is 19.1. The molecule has 0 aliphatic heterocycles. The van der Waals surface area contributed by atoms with Crippen molar-refractivity contribution >= 4 is 6.29 Å². The lowest BCUT2D eigenvalue weighted by Crippen LogP contribution is -2.34. The molecule has 1 aliphatic rings. The SMILES string of the molecule is CC(NC1CCC(c2ccc(CCC=O)cc2)CC1)c1cccc(C#N)c1. The van der Waals surface area contributed by atoms with Crippen LogP contribution in [0.3, 0.4) is 0 Å². The van der Waals surface area contributed by atoms with E-state index < -0.39 is 0 Å². The van der Waals surface area contributed by atoms with E-state index in [4.69, 9.17) is 5.26 Å². The van der Waals surface area contributed by atoms with Crippen molar-refractivity contribution in [1.29, 1.82) is 5.26 Å². The Morgan fingerprint density at radius 3 is 2.56 bits per heavy atom. The number of aryl methyl sites for hydroxylation is 1. The molecule has 1 unspecified atom stereocenters. The van der Waals surface area contributed by atoms with Gasteiger partial charge in [0.05, 0.1) is 11.6 Å². The quantitative estimate of drug-likeness (QED) is 0.702. The predicted molar refractivity (Wildman–Crippen MR) is 109 cm³/mol. The van der Waals surface area contributed by atoms with Crippen LogP contribution in [0, 0.1) is 11.3 Å². The lowest BCUT2D eigenvalue weighted by Gasteiger charge is -2.31. The molecule has 0 radical (unpaired) electrons. The summed E-state index contributed by atoms with van der Waals surface area (Å²) in [5, 5.41) is 12.8. The van der Waals surface area contributed by atoms with Crippen molar-refractivity contribution in [2.75, 3.05) is 0 Å². The van der Waals surface area contributed by atoms with Gasteiger partial charge in [0.15, 0.2) is 0 Å². The van der Waals surface area contributed by atoms with Gasteiger partial charge < -0.3 is 10.1 Å². The molecule has 1 saturated carbocycles. The molecule has 3 heteroatoms. The van der Waals surface area contributed by atoms with Gasteiger partial charge in [0.1, 0.15) is 6.29 Å². The third-order valence-electron chi connectivity index (χ3n) is 5.73. The molecule has 2 aromatic rings. The number of benzene rings is 2. The lowest BCUT2D eigenvalue weighted by molar-refractivity contribution is -0.107. The van der Waals surface area contributed by atoms with Crippen LogP contribution in [0.25, 0.3) is 0 Å². The summed E-state index contributed by atoms with van der Waals surface area (Å²) >= 11 is 0. The van der Waals surface area contributed by atoms with Gasteiger partial charge in [0.25, 0.3) is 0 Å². The Morgan fingerprint density at radius 1 is 1.15 bits per heavy atom. The predicted octanol–water partition coefficient (Wildman–Crippen LogP) is 5.07. The van der Waals surface area contributed by atoms with Gasteiger partial charge in [-0.15, -0.1) is 0 Å². The minimum absolute atomic E-state index is 0.261. The van der Waals surface area contributed by atoms with Crippen molar-refractivity contribution in [3.63, 3.8) is 0 Å². The number of carbonyl (C=O) groups excluding carboxylic acids is 1. The maximum atomic E-state index is 10.5. The van der Waals surface area contributed by atoms with E-state index in [9.17, 15) is 4.79 Å². The van der Waals surface area contributed by atoms with E-state index in [0.717, 1.165) is 18.3 Å². The number of nitriles is 1. The fraction of sp³-hybridized carbons (Fsp3) is 0.417. The van der Waals surface area contributed by atoms with Crippen LogP contribution in [0.5, 0.6) is 0 Å². The second kappa shape index (κ2) is 9.48. The van der Waals surface area contributed by atoms with Crippen molar-refractivity contribution in [2.24, 2.45) is 0 Å². The summed E-state index contributed by atoms with van der Waals surface area (Å²) < 4.78 is 0. The Morgan fingerprint density at radius 2 is 1.89 bits per heavy atom. The maximum absolute atomic E-state index is 10.5. The standard InChI is InChI=1S/C24H28N2O/c1-18(23-6-2-4-20(16-23)17-25)26-24-13-11-22(12-14-24)21-9-7-19(8-10-21)5-3-15-27/h2,4,6-10,15-16,18,22,24,26H,3,5,11-14H2,1H3. The van der Waals surface area contributed by atoms with Crippen molar-refractivity contribution in [3.05, 3.63) is 70.8 Å². The highest BCUT2D eigenvalue weighted by Gasteiger charge is 2.23. The van der Waals surface area contributed by atoms with Crippen LogP contribution in [0.2, 0.25) is 0 Å². The smallest absolute Gasteiger partial charge is 0.120 e. The van der Waals surface area contributed by atoms with Crippen LogP contribution in [-0.4, -0.2) is 12.3 Å². The fourth-order valence-electron chi connectivity index (χ4n) is 4.10. The van der Waals surface area contributed by atoms with Crippen molar-refractivity contribution in [2.45, 2.75) is 63.5 Å². The van der Waals surface area contributed by atoms with Gasteiger partial charge in [-0.1, -0.05) is 36.4 Å². The molecule has 0 bridgehead atoms. The minimum atomic E-state index is 0.261. The third-order valence-corrected chi connectivity index (χ3v) is 5.73. The number of nitrogens with one attached hydrogen (secondary N) is 1. The summed E-state index contributed by atoms with van der Waals surface area (Å²) in [4.78, 5) is 10.5. The molecule has 1 N–H and O–H groups in total. The molecule has 27 heavy (non-hydrogen) atoms. The van der Waals surface area contributed by atoms with Gasteiger partial charge >= 0.3 is 0 Å². The van der Waals surface area contributed by atoms with Crippen LogP contribution in [-0.2, 0) is 11.2 Å². The zero-order valence-electron chi connectivity index (χ0n) is 16.0. The van der Waals surface area contributed by atoms with Gasteiger partial charge in [-0.25, -0.2) is 0 Å².